The van der Waals surface area contributed by atoms with Gasteiger partial charge >= 0.3 is 0 Å². The topological polar surface area (TPSA) is 0 Å². The van der Waals surface area contributed by atoms with Crippen molar-refractivity contribution >= 4 is 0 Å². The summed E-state index contributed by atoms with van der Waals surface area (Å²) in [6.07, 6.45) is 1.25. The van der Waals surface area contributed by atoms with Crippen LogP contribution in [0.5, 0.6) is 0 Å². The maximum atomic E-state index is 3.00. The van der Waals surface area contributed by atoms with Gasteiger partial charge in [0.2, 0.25) is 0 Å². The molecule has 0 aliphatic rings. The van der Waals surface area contributed by atoms with Gasteiger partial charge in [-0.05, 0) is 0 Å². The van der Waals surface area contributed by atoms with Crippen LogP contribution in [0, 0.1) is 0 Å². The third-order valence-corrected chi connectivity index (χ3v) is 0. The molecule has 25 heavy (non-hydrogen) atoms. The molecule has 0 aromatic carbocycles. The Balaban J connectivity index is -0.00000000740. The number of hydrogen-bond acceptors (Lipinski definition) is 0. The molecule has 0 aliphatic carbocycles. The summed E-state index contributed by atoms with van der Waals surface area (Å²) in [5, 5.41) is 0. The normalized spacial score (nSPS) is 3.20. The van der Waals surface area contributed by atoms with Gasteiger partial charge in [0.1, 0.15) is 0 Å². The van der Waals surface area contributed by atoms with Crippen LogP contribution in [-0.4, -0.2) is 0 Å². The van der Waals surface area contributed by atoms with E-state index in [0.29, 0.717) is 0 Å². The van der Waals surface area contributed by atoms with Crippen molar-refractivity contribution in [2.45, 2.75) is 145 Å². The second kappa shape index (κ2) is 51500. The lowest BCUT2D eigenvalue weighted by molar-refractivity contribution is 1.09. The highest BCUT2D eigenvalue weighted by Gasteiger charge is 1.35. The zero-order chi connectivity index (χ0) is 24.7. The Morgan fingerprint density at radius 2 is 0.280 bits per heavy atom. The molecule has 0 heteroatoms. The summed E-state index contributed by atoms with van der Waals surface area (Å²) in [7, 11) is 0. The van der Waals surface area contributed by atoms with E-state index in [-0.39, 0.29) is 0 Å². The molecule has 0 aromatic rings. The molecule has 0 spiro atoms. The Morgan fingerprint density at radius 1 is 0.280 bits per heavy atom. The average Bonchev–Trinajstić information content (AvgIpc) is 2.83. The Bertz CT molecular complexity index is 7.51. The molecule has 0 atom stereocenters. The van der Waals surface area contributed by atoms with Gasteiger partial charge in [-0.2, -0.15) is 0 Å². The predicted octanol–water partition coefficient (Wildman–Crippen LogP) is 12.3. The first-order valence-corrected chi connectivity index (χ1v) is 11.4. The average molecular weight is 371 g/mol. The van der Waals surface area contributed by atoms with Crippen LogP contribution >= 0.6 is 0 Å². The molecule has 0 unspecified atom stereocenters. The van der Waals surface area contributed by atoms with E-state index in [1.54, 1.807) is 0 Å². The molecule has 0 nitrogen and oxygen atoms in total. The second-order valence-electron chi connectivity index (χ2n) is 0.707. The fraction of sp³-hybridized carbons (Fsp3) is 0.840. The molecule has 0 bridgehead atoms. The molecule has 170 valence electrons. The molecular weight excluding hydrogens is 300 g/mol. The van der Waals surface area contributed by atoms with Gasteiger partial charge in [-0.25, -0.2) is 0 Å². The van der Waals surface area contributed by atoms with Gasteiger partial charge in [0, 0.05) is 0 Å². The minimum absolute atomic E-state index is 1.25. The highest BCUT2D eigenvalue weighted by Crippen LogP contribution is 1.56. The Labute approximate surface area is 171 Å². The van der Waals surface area contributed by atoms with Gasteiger partial charge in [0.05, 0.1) is 0 Å². The molecule has 0 aliphatic heterocycles. The summed E-state index contributed by atoms with van der Waals surface area (Å²) < 4.78 is 0. The molecule has 0 rings (SSSR count). The minimum Gasteiger partial charge on any atom is -0.106 e. The summed E-state index contributed by atoms with van der Waals surface area (Å²) in [6, 6.07) is 0. The quantitative estimate of drug-likeness (QED) is 0.372. The molecule has 0 radical (unpaired) electrons. The van der Waals surface area contributed by atoms with Crippen molar-refractivity contribution in [1.29, 1.82) is 0 Å². The smallest absolute Gasteiger partial charge is 0.0590 e. The van der Waals surface area contributed by atoms with Crippen molar-refractivity contribution < 1.29 is 0 Å². The monoisotopic (exact) mass is 371 g/mol. The molecular formula is C25H70. The first-order chi connectivity index (χ1) is 12.4. The van der Waals surface area contributed by atoms with E-state index in [1.807, 2.05) is 125 Å². The zero-order valence-corrected chi connectivity index (χ0v) is 23.5. The highest BCUT2D eigenvalue weighted by atomic mass is 13.4. The molecule has 0 saturated heterocycles. The van der Waals surface area contributed by atoms with Crippen molar-refractivity contribution in [3.63, 3.8) is 0 Å². The SMILES string of the molecule is C=C.C=C.CC.CC.CC.CC.CC.CC.CC.CC.CC.CCC. The minimum atomic E-state index is 1.25. The van der Waals surface area contributed by atoms with Gasteiger partial charge in [-0.1, -0.05) is 145 Å². The standard InChI is InChI=1S/C3H8.9C2H6.2C2H4/c1-3-2;11*1-2/h3H2,1-2H3;9*1-2H3;2*1-2H2. The highest BCUT2D eigenvalue weighted by molar-refractivity contribution is 4.22. The van der Waals surface area contributed by atoms with Gasteiger partial charge in [0.25, 0.3) is 0 Å². The first kappa shape index (κ1) is 86.7. The van der Waals surface area contributed by atoms with Crippen molar-refractivity contribution in [2.24, 2.45) is 0 Å². The van der Waals surface area contributed by atoms with E-state index in [1.165, 1.54) is 6.42 Å². The zero-order valence-electron chi connectivity index (χ0n) is 23.5. The summed E-state index contributed by atoms with van der Waals surface area (Å²) in [5.41, 5.74) is 0. The van der Waals surface area contributed by atoms with Crippen LogP contribution in [0.3, 0.4) is 0 Å². The second-order valence-corrected chi connectivity index (χ2v) is 0.707. The van der Waals surface area contributed by atoms with E-state index in [4.69, 9.17) is 0 Å². The van der Waals surface area contributed by atoms with E-state index in [2.05, 4.69) is 40.2 Å². The molecule has 0 aromatic heterocycles. The summed E-state index contributed by atoms with van der Waals surface area (Å²) in [6.45, 7) is 52.2. The lowest BCUT2D eigenvalue weighted by Gasteiger charge is -1.48. The number of hydrogen-bond donors (Lipinski definition) is 0. The largest absolute Gasteiger partial charge is 0.106 e. The Hall–Kier alpha value is -0.520. The van der Waals surface area contributed by atoms with E-state index in [9.17, 15) is 0 Å². The molecule has 0 N–H and O–H groups in total. The fourth-order valence-electron chi connectivity index (χ4n) is 0. The molecule has 0 amide bonds. The summed E-state index contributed by atoms with van der Waals surface area (Å²) >= 11 is 0. The molecule has 0 fully saturated rings. The lowest BCUT2D eigenvalue weighted by atomic mass is 10.6. The van der Waals surface area contributed by atoms with Crippen LogP contribution in [0.25, 0.3) is 0 Å². The van der Waals surface area contributed by atoms with E-state index >= 15 is 0 Å². The first-order valence-electron chi connectivity index (χ1n) is 11.4. The van der Waals surface area contributed by atoms with Crippen molar-refractivity contribution in [2.75, 3.05) is 0 Å². The van der Waals surface area contributed by atoms with Crippen molar-refractivity contribution in [3.05, 3.63) is 26.3 Å². The van der Waals surface area contributed by atoms with Crippen LogP contribution in [-0.2, 0) is 0 Å². The maximum Gasteiger partial charge on any atom is -0.0590 e. The summed E-state index contributed by atoms with van der Waals surface area (Å²) in [5.74, 6) is 0. The van der Waals surface area contributed by atoms with Crippen molar-refractivity contribution in [3.8, 4) is 0 Å². The van der Waals surface area contributed by atoms with Crippen LogP contribution in [0.4, 0.5) is 0 Å². The maximum absolute atomic E-state index is 3.00. The Morgan fingerprint density at radius 3 is 0.280 bits per heavy atom. The molecule has 0 heterocycles. The van der Waals surface area contributed by atoms with E-state index in [0.717, 1.165) is 0 Å². The number of rotatable bonds is 0. The fourth-order valence-corrected chi connectivity index (χ4v) is 0. The van der Waals surface area contributed by atoms with Gasteiger partial charge in [-0.15, -0.1) is 26.3 Å². The third kappa shape index (κ3) is 40100. The van der Waals surface area contributed by atoms with Gasteiger partial charge in [-0.3, -0.25) is 0 Å². The van der Waals surface area contributed by atoms with Gasteiger partial charge < -0.3 is 0 Å². The van der Waals surface area contributed by atoms with Crippen LogP contribution in [0.1, 0.15) is 145 Å². The van der Waals surface area contributed by atoms with Crippen LogP contribution in [0.2, 0.25) is 0 Å². The predicted molar refractivity (Wildman–Crippen MR) is 141 cm³/mol. The van der Waals surface area contributed by atoms with Gasteiger partial charge in [0.15, 0.2) is 0 Å². The van der Waals surface area contributed by atoms with Crippen LogP contribution < -0.4 is 0 Å². The lowest BCUT2D eigenvalue weighted by Crippen LogP contribution is -1.27. The van der Waals surface area contributed by atoms with E-state index < -0.39 is 0 Å². The summed E-state index contributed by atoms with van der Waals surface area (Å²) in [4.78, 5) is 0. The van der Waals surface area contributed by atoms with Crippen molar-refractivity contribution in [1.82, 2.24) is 0 Å². The van der Waals surface area contributed by atoms with Crippen LogP contribution in [0.15, 0.2) is 26.3 Å². The third-order valence-electron chi connectivity index (χ3n) is 0. The molecule has 0 saturated carbocycles. The Kier molecular flexibility index (Phi) is 179000.